The van der Waals surface area contributed by atoms with Crippen LogP contribution < -0.4 is 24.8 Å². The van der Waals surface area contributed by atoms with Crippen LogP contribution >= 0.6 is 12.2 Å². The fourth-order valence-corrected chi connectivity index (χ4v) is 2.68. The van der Waals surface area contributed by atoms with Gasteiger partial charge in [0.15, 0.2) is 28.2 Å². The third-order valence-electron chi connectivity index (χ3n) is 3.75. The summed E-state index contributed by atoms with van der Waals surface area (Å²) in [6.45, 7) is 2.08. The van der Waals surface area contributed by atoms with Crippen LogP contribution in [0.3, 0.4) is 0 Å². The number of anilines is 1. The first-order chi connectivity index (χ1) is 12.1. The van der Waals surface area contributed by atoms with E-state index < -0.39 is 0 Å². The summed E-state index contributed by atoms with van der Waals surface area (Å²) in [4.78, 5) is 4.25. The van der Waals surface area contributed by atoms with Gasteiger partial charge in [-0.15, -0.1) is 0 Å². The first-order valence-electron chi connectivity index (χ1n) is 7.91. The highest BCUT2D eigenvalue weighted by Gasteiger charge is 2.15. The van der Waals surface area contributed by atoms with Crippen LogP contribution in [0.5, 0.6) is 17.2 Å². The second-order valence-corrected chi connectivity index (χ2v) is 5.64. The summed E-state index contributed by atoms with van der Waals surface area (Å²) in [6, 6.07) is 9.48. The standard InChI is InChI=1S/C18H23N3O3S/c1-5-13(12-8-9-14(22-2)16(11-12)24-4)20-18(25)21-17-15(23-3)7-6-10-19-17/h6-11,13H,5H2,1-4H3,(H2,19,20,21,25). The Balaban J connectivity index is 2.12. The molecule has 0 amide bonds. The largest absolute Gasteiger partial charge is 0.493 e. The van der Waals surface area contributed by atoms with Crippen molar-refractivity contribution in [3.05, 3.63) is 42.1 Å². The molecule has 2 aromatic rings. The number of hydrogen-bond acceptors (Lipinski definition) is 5. The lowest BCUT2D eigenvalue weighted by Crippen LogP contribution is -2.32. The van der Waals surface area contributed by atoms with Crippen LogP contribution in [-0.4, -0.2) is 31.4 Å². The van der Waals surface area contributed by atoms with Crippen LogP contribution in [0.25, 0.3) is 0 Å². The van der Waals surface area contributed by atoms with E-state index in [1.807, 2.05) is 24.3 Å². The number of benzene rings is 1. The molecule has 134 valence electrons. The smallest absolute Gasteiger partial charge is 0.174 e. The SMILES string of the molecule is CCC(NC(=S)Nc1ncccc1OC)c1ccc(OC)c(OC)c1. The van der Waals surface area contributed by atoms with Gasteiger partial charge in [0.25, 0.3) is 0 Å². The molecule has 1 unspecified atom stereocenters. The summed E-state index contributed by atoms with van der Waals surface area (Å²) in [5.74, 6) is 2.58. The number of ether oxygens (including phenoxy) is 3. The van der Waals surface area contributed by atoms with Gasteiger partial charge in [0.1, 0.15) is 0 Å². The minimum absolute atomic E-state index is 0.0227. The maximum atomic E-state index is 5.42. The van der Waals surface area contributed by atoms with E-state index >= 15 is 0 Å². The predicted molar refractivity (Wildman–Crippen MR) is 103 cm³/mol. The van der Waals surface area contributed by atoms with Crippen molar-refractivity contribution < 1.29 is 14.2 Å². The molecular formula is C18H23N3O3S. The number of rotatable bonds is 7. The number of thiocarbonyl (C=S) groups is 1. The molecule has 1 aromatic carbocycles. The van der Waals surface area contributed by atoms with Gasteiger partial charge >= 0.3 is 0 Å². The minimum atomic E-state index is 0.0227. The fourth-order valence-electron chi connectivity index (χ4n) is 2.44. The van der Waals surface area contributed by atoms with E-state index in [9.17, 15) is 0 Å². The molecule has 0 fully saturated rings. The highest BCUT2D eigenvalue weighted by molar-refractivity contribution is 7.80. The van der Waals surface area contributed by atoms with Crippen LogP contribution in [0.1, 0.15) is 24.9 Å². The summed E-state index contributed by atoms with van der Waals surface area (Å²) in [5, 5.41) is 6.85. The Morgan fingerprint density at radius 3 is 2.44 bits per heavy atom. The molecule has 6 nitrogen and oxygen atoms in total. The zero-order valence-electron chi connectivity index (χ0n) is 14.8. The Hall–Kier alpha value is -2.54. The number of nitrogens with one attached hydrogen (secondary N) is 2. The minimum Gasteiger partial charge on any atom is -0.493 e. The lowest BCUT2D eigenvalue weighted by Gasteiger charge is -2.21. The lowest BCUT2D eigenvalue weighted by molar-refractivity contribution is 0.354. The highest BCUT2D eigenvalue weighted by Crippen LogP contribution is 2.31. The molecule has 0 saturated carbocycles. The first kappa shape index (κ1) is 18.8. The fraction of sp³-hybridized carbons (Fsp3) is 0.333. The molecule has 1 atom stereocenters. The lowest BCUT2D eigenvalue weighted by atomic mass is 10.0. The third kappa shape index (κ3) is 4.73. The monoisotopic (exact) mass is 361 g/mol. The molecular weight excluding hydrogens is 338 g/mol. The number of aromatic nitrogens is 1. The van der Waals surface area contributed by atoms with Crippen molar-refractivity contribution in [2.45, 2.75) is 19.4 Å². The van der Waals surface area contributed by atoms with Gasteiger partial charge < -0.3 is 24.8 Å². The van der Waals surface area contributed by atoms with Gasteiger partial charge in [-0.3, -0.25) is 0 Å². The van der Waals surface area contributed by atoms with E-state index in [0.29, 0.717) is 28.2 Å². The van der Waals surface area contributed by atoms with E-state index in [2.05, 4.69) is 22.5 Å². The second-order valence-electron chi connectivity index (χ2n) is 5.23. The van der Waals surface area contributed by atoms with Gasteiger partial charge in [0.2, 0.25) is 0 Å². The van der Waals surface area contributed by atoms with E-state index in [-0.39, 0.29) is 6.04 Å². The van der Waals surface area contributed by atoms with Crippen molar-refractivity contribution in [3.8, 4) is 17.2 Å². The number of hydrogen-bond donors (Lipinski definition) is 2. The van der Waals surface area contributed by atoms with E-state index in [4.69, 9.17) is 26.4 Å². The van der Waals surface area contributed by atoms with Crippen LogP contribution in [0.4, 0.5) is 5.82 Å². The van der Waals surface area contributed by atoms with Crippen molar-refractivity contribution in [1.29, 1.82) is 0 Å². The number of pyridine rings is 1. The molecule has 25 heavy (non-hydrogen) atoms. The van der Waals surface area contributed by atoms with E-state index in [1.54, 1.807) is 33.6 Å². The quantitative estimate of drug-likeness (QED) is 0.731. The van der Waals surface area contributed by atoms with Crippen molar-refractivity contribution in [1.82, 2.24) is 10.3 Å². The molecule has 0 aliphatic carbocycles. The molecule has 0 bridgehead atoms. The zero-order valence-corrected chi connectivity index (χ0v) is 15.6. The summed E-state index contributed by atoms with van der Waals surface area (Å²) in [5.41, 5.74) is 1.05. The van der Waals surface area contributed by atoms with Gasteiger partial charge in [-0.2, -0.15) is 0 Å². The van der Waals surface area contributed by atoms with Crippen LogP contribution in [0.2, 0.25) is 0 Å². The molecule has 7 heteroatoms. The summed E-state index contributed by atoms with van der Waals surface area (Å²) >= 11 is 5.42. The number of methoxy groups -OCH3 is 3. The van der Waals surface area contributed by atoms with Crippen LogP contribution in [0, 0.1) is 0 Å². The molecule has 0 spiro atoms. The Kier molecular flexibility index (Phi) is 6.82. The van der Waals surface area contributed by atoms with Crippen molar-refractivity contribution in [2.24, 2.45) is 0 Å². The summed E-state index contributed by atoms with van der Waals surface area (Å²) in [6.07, 6.45) is 2.52. The van der Waals surface area contributed by atoms with Crippen LogP contribution in [-0.2, 0) is 0 Å². The third-order valence-corrected chi connectivity index (χ3v) is 3.97. The van der Waals surface area contributed by atoms with E-state index in [1.165, 1.54) is 0 Å². The second kappa shape index (κ2) is 9.08. The molecule has 0 saturated heterocycles. The Bertz CT molecular complexity index is 724. The maximum Gasteiger partial charge on any atom is 0.174 e. The van der Waals surface area contributed by atoms with E-state index in [0.717, 1.165) is 12.0 Å². The molecule has 2 rings (SSSR count). The summed E-state index contributed by atoms with van der Waals surface area (Å²) < 4.78 is 15.9. The highest BCUT2D eigenvalue weighted by atomic mass is 32.1. The normalized spacial score (nSPS) is 11.4. The molecule has 0 aliphatic rings. The zero-order chi connectivity index (χ0) is 18.2. The molecule has 2 N–H and O–H groups in total. The van der Waals surface area contributed by atoms with Crippen molar-refractivity contribution >= 4 is 23.1 Å². The molecule has 0 radical (unpaired) electrons. The topological polar surface area (TPSA) is 64.6 Å². The predicted octanol–water partition coefficient (Wildman–Crippen LogP) is 3.55. The van der Waals surface area contributed by atoms with Crippen LogP contribution in [0.15, 0.2) is 36.5 Å². The average molecular weight is 361 g/mol. The van der Waals surface area contributed by atoms with Gasteiger partial charge in [-0.25, -0.2) is 4.98 Å². The van der Waals surface area contributed by atoms with Gasteiger partial charge in [0, 0.05) is 6.20 Å². The Morgan fingerprint density at radius 2 is 1.80 bits per heavy atom. The van der Waals surface area contributed by atoms with Crippen molar-refractivity contribution in [3.63, 3.8) is 0 Å². The van der Waals surface area contributed by atoms with Gasteiger partial charge in [-0.1, -0.05) is 13.0 Å². The molecule has 0 aliphatic heterocycles. The number of nitrogens with zero attached hydrogens (tertiary/aromatic N) is 1. The van der Waals surface area contributed by atoms with Gasteiger partial charge in [-0.05, 0) is 48.5 Å². The molecule has 1 aromatic heterocycles. The first-order valence-corrected chi connectivity index (χ1v) is 8.32. The molecule has 1 heterocycles. The Labute approximate surface area is 153 Å². The van der Waals surface area contributed by atoms with Gasteiger partial charge in [0.05, 0.1) is 27.4 Å². The maximum absolute atomic E-state index is 5.42. The summed E-state index contributed by atoms with van der Waals surface area (Å²) in [7, 11) is 4.83. The average Bonchev–Trinajstić information content (AvgIpc) is 2.65. The van der Waals surface area contributed by atoms with Crippen molar-refractivity contribution in [2.75, 3.05) is 26.6 Å². The Morgan fingerprint density at radius 1 is 1.08 bits per heavy atom.